The molecule has 15 heavy (non-hydrogen) atoms. The maximum absolute atomic E-state index is 9.78. The second kappa shape index (κ2) is 2.51. The van der Waals surface area contributed by atoms with E-state index in [-0.39, 0.29) is 12.8 Å². The molecule has 3 fully saturated rings. The molecule has 0 aromatic carbocycles. The Balaban J connectivity index is 2.57. The Kier molecular flexibility index (Phi) is 1.88. The van der Waals surface area contributed by atoms with Gasteiger partial charge in [0, 0.05) is 6.42 Å². The normalized spacial score (nSPS) is 51.8. The summed E-state index contributed by atoms with van der Waals surface area (Å²) in [4.78, 5) is 0. The lowest BCUT2D eigenvalue weighted by molar-refractivity contribution is -0.498. The van der Waals surface area contributed by atoms with Gasteiger partial charge in [0.2, 0.25) is 0 Å². The minimum Gasteiger partial charge on any atom is -0.390 e. The van der Waals surface area contributed by atoms with E-state index in [9.17, 15) is 35.7 Å². The summed E-state index contributed by atoms with van der Waals surface area (Å²) in [6.07, 6.45) is -2.73. The van der Waals surface area contributed by atoms with E-state index in [2.05, 4.69) is 0 Å². The molecule has 2 bridgehead atoms. The molecule has 3 aliphatic rings. The van der Waals surface area contributed by atoms with Gasteiger partial charge in [0.1, 0.15) is 11.2 Å². The van der Waals surface area contributed by atoms with Crippen LogP contribution >= 0.6 is 0 Å². The Hall–Kier alpha value is -0.280. The quantitative estimate of drug-likeness (QED) is 0.210. The molecule has 0 heterocycles. The molecule has 0 aromatic rings. The molecule has 0 aliphatic heterocycles. The van der Waals surface area contributed by atoms with Crippen molar-refractivity contribution < 1.29 is 35.7 Å². The second-order valence-corrected chi connectivity index (χ2v) is 4.52. The van der Waals surface area contributed by atoms with Crippen LogP contribution in [0.2, 0.25) is 0 Å². The SMILES string of the molecule is OC1CC2(O)CCC1(O)C(O)(O)C2(O)O. The van der Waals surface area contributed by atoms with Gasteiger partial charge in [0.05, 0.1) is 6.10 Å². The fourth-order valence-corrected chi connectivity index (χ4v) is 2.50. The van der Waals surface area contributed by atoms with Gasteiger partial charge in [-0.2, -0.15) is 0 Å². The largest absolute Gasteiger partial charge is 0.390 e. The molecule has 0 saturated heterocycles. The number of hydrogen-bond acceptors (Lipinski definition) is 7. The highest BCUT2D eigenvalue weighted by atomic mass is 16.6. The van der Waals surface area contributed by atoms with Gasteiger partial charge in [0.25, 0.3) is 11.6 Å². The lowest BCUT2D eigenvalue weighted by Crippen LogP contribution is -2.86. The van der Waals surface area contributed by atoms with Crippen LogP contribution in [0.4, 0.5) is 0 Å². The summed E-state index contributed by atoms with van der Waals surface area (Å²) in [7, 11) is 0. The van der Waals surface area contributed by atoms with Crippen molar-refractivity contribution in [3.8, 4) is 0 Å². The predicted molar refractivity (Wildman–Crippen MR) is 44.1 cm³/mol. The van der Waals surface area contributed by atoms with Crippen LogP contribution in [0.3, 0.4) is 0 Å². The van der Waals surface area contributed by atoms with E-state index >= 15 is 0 Å². The summed E-state index contributed by atoms with van der Waals surface area (Å²) >= 11 is 0. The third kappa shape index (κ3) is 0.942. The smallest absolute Gasteiger partial charge is 0.253 e. The van der Waals surface area contributed by atoms with Gasteiger partial charge in [-0.15, -0.1) is 0 Å². The Morgan fingerprint density at radius 3 is 1.80 bits per heavy atom. The molecule has 7 nitrogen and oxygen atoms in total. The van der Waals surface area contributed by atoms with Gasteiger partial charge in [-0.25, -0.2) is 0 Å². The van der Waals surface area contributed by atoms with E-state index < -0.39 is 35.3 Å². The van der Waals surface area contributed by atoms with Crippen LogP contribution in [0, 0.1) is 0 Å². The van der Waals surface area contributed by atoms with Crippen LogP contribution < -0.4 is 0 Å². The Morgan fingerprint density at radius 1 is 0.800 bits per heavy atom. The van der Waals surface area contributed by atoms with E-state index in [1.165, 1.54) is 0 Å². The summed E-state index contributed by atoms with van der Waals surface area (Å²) in [5, 5.41) is 66.9. The van der Waals surface area contributed by atoms with Gasteiger partial charge in [-0.1, -0.05) is 0 Å². The Morgan fingerprint density at radius 2 is 1.33 bits per heavy atom. The van der Waals surface area contributed by atoms with Crippen LogP contribution in [0.25, 0.3) is 0 Å². The number of aliphatic hydroxyl groups excluding tert-OH is 1. The number of rotatable bonds is 0. The van der Waals surface area contributed by atoms with Crippen molar-refractivity contribution in [1.29, 1.82) is 0 Å². The van der Waals surface area contributed by atoms with Crippen LogP contribution in [-0.2, 0) is 0 Å². The van der Waals surface area contributed by atoms with Crippen molar-refractivity contribution in [2.75, 3.05) is 0 Å². The molecule has 7 N–H and O–H groups in total. The van der Waals surface area contributed by atoms with Crippen LogP contribution in [-0.4, -0.2) is 64.6 Å². The zero-order valence-corrected chi connectivity index (χ0v) is 7.83. The highest BCUT2D eigenvalue weighted by molar-refractivity contribution is 5.22. The summed E-state index contributed by atoms with van der Waals surface area (Å²) in [5.74, 6) is -6.64. The molecule has 3 rings (SSSR count). The third-order valence-corrected chi connectivity index (χ3v) is 3.74. The van der Waals surface area contributed by atoms with Crippen molar-refractivity contribution in [2.45, 2.75) is 48.1 Å². The molecule has 0 amide bonds. The van der Waals surface area contributed by atoms with Crippen molar-refractivity contribution >= 4 is 0 Å². The summed E-state index contributed by atoms with van der Waals surface area (Å²) in [5.41, 5.74) is -4.68. The van der Waals surface area contributed by atoms with E-state index in [0.29, 0.717) is 0 Å². The molecule has 3 unspecified atom stereocenters. The summed E-state index contributed by atoms with van der Waals surface area (Å²) < 4.78 is 0. The molecule has 3 atom stereocenters. The van der Waals surface area contributed by atoms with Crippen LogP contribution in [0.15, 0.2) is 0 Å². The number of fused-ring (bicyclic) bond motifs is 3. The van der Waals surface area contributed by atoms with Crippen molar-refractivity contribution in [2.24, 2.45) is 0 Å². The zero-order valence-electron chi connectivity index (χ0n) is 7.83. The van der Waals surface area contributed by atoms with Crippen molar-refractivity contribution in [3.05, 3.63) is 0 Å². The van der Waals surface area contributed by atoms with Gasteiger partial charge >= 0.3 is 0 Å². The monoisotopic (exact) mass is 222 g/mol. The van der Waals surface area contributed by atoms with E-state index in [1.807, 2.05) is 0 Å². The first kappa shape index (κ1) is 11.2. The summed E-state index contributed by atoms with van der Waals surface area (Å²) in [6.45, 7) is 0. The first-order chi connectivity index (χ1) is 6.58. The van der Waals surface area contributed by atoms with Crippen LogP contribution in [0.5, 0.6) is 0 Å². The molecule has 0 aromatic heterocycles. The molecule has 0 radical (unpaired) electrons. The first-order valence-corrected chi connectivity index (χ1v) is 4.61. The van der Waals surface area contributed by atoms with Gasteiger partial charge in [0.15, 0.2) is 0 Å². The maximum Gasteiger partial charge on any atom is 0.253 e. The molecular weight excluding hydrogens is 208 g/mol. The molecular formula is C8H14O7. The maximum atomic E-state index is 9.78. The average molecular weight is 222 g/mol. The Bertz CT molecular complexity index is 295. The lowest BCUT2D eigenvalue weighted by Gasteiger charge is -2.62. The van der Waals surface area contributed by atoms with E-state index in [1.54, 1.807) is 0 Å². The topological polar surface area (TPSA) is 142 Å². The minimum absolute atomic E-state index is 0.240. The Labute approximate surface area is 84.8 Å². The standard InChI is InChI=1S/C8H14O7/c9-4-3-5(10)1-2-6(4,11)8(14,15)7(5,12)13/h4,9-15H,1-3H2. The molecule has 3 saturated carbocycles. The second-order valence-electron chi connectivity index (χ2n) is 4.52. The van der Waals surface area contributed by atoms with Crippen molar-refractivity contribution in [1.82, 2.24) is 0 Å². The fraction of sp³-hybridized carbons (Fsp3) is 1.00. The van der Waals surface area contributed by atoms with E-state index in [0.717, 1.165) is 0 Å². The highest BCUT2D eigenvalue weighted by Gasteiger charge is 2.79. The average Bonchev–Trinajstić information content (AvgIpc) is 2.09. The van der Waals surface area contributed by atoms with Crippen LogP contribution in [0.1, 0.15) is 19.3 Å². The predicted octanol–water partition coefficient (Wildman–Crippen LogP) is -3.63. The molecule has 7 heteroatoms. The van der Waals surface area contributed by atoms with Gasteiger partial charge < -0.3 is 35.7 Å². The number of aliphatic hydroxyl groups is 7. The number of hydrogen-bond donors (Lipinski definition) is 7. The van der Waals surface area contributed by atoms with Gasteiger partial charge in [-0.3, -0.25) is 0 Å². The molecule has 0 spiro atoms. The zero-order chi connectivity index (χ0) is 11.7. The lowest BCUT2D eigenvalue weighted by atomic mass is 9.56. The third-order valence-electron chi connectivity index (χ3n) is 3.74. The molecule has 3 aliphatic carbocycles. The van der Waals surface area contributed by atoms with E-state index in [4.69, 9.17) is 0 Å². The summed E-state index contributed by atoms with van der Waals surface area (Å²) in [6, 6.07) is 0. The van der Waals surface area contributed by atoms with Gasteiger partial charge in [-0.05, 0) is 12.8 Å². The minimum atomic E-state index is -3.37. The first-order valence-electron chi connectivity index (χ1n) is 4.61. The van der Waals surface area contributed by atoms with Crippen molar-refractivity contribution in [3.63, 3.8) is 0 Å². The highest BCUT2D eigenvalue weighted by Crippen LogP contribution is 2.55. The fourth-order valence-electron chi connectivity index (χ4n) is 2.50. The molecule has 88 valence electrons.